The van der Waals surface area contributed by atoms with Gasteiger partial charge in [0.2, 0.25) is 5.91 Å². The van der Waals surface area contributed by atoms with Crippen molar-refractivity contribution in [2.75, 3.05) is 19.6 Å². The van der Waals surface area contributed by atoms with Gasteiger partial charge in [0.15, 0.2) is 0 Å². The molecule has 1 atom stereocenters. The lowest BCUT2D eigenvalue weighted by Gasteiger charge is -2.29. The number of hydrogen-bond donors (Lipinski definition) is 1. The maximum absolute atomic E-state index is 12.8. The Kier molecular flexibility index (Phi) is 6.42. The predicted molar refractivity (Wildman–Crippen MR) is 94.8 cm³/mol. The van der Waals surface area contributed by atoms with E-state index in [-0.39, 0.29) is 24.4 Å². The molecule has 1 saturated heterocycles. The van der Waals surface area contributed by atoms with Crippen LogP contribution in [0.1, 0.15) is 42.1 Å². The highest BCUT2D eigenvalue weighted by Crippen LogP contribution is 2.24. The van der Waals surface area contributed by atoms with Gasteiger partial charge >= 0.3 is 5.97 Å². The van der Waals surface area contributed by atoms with Crippen LogP contribution >= 0.6 is 11.6 Å². The molecule has 0 aromatic heterocycles. The van der Waals surface area contributed by atoms with Crippen molar-refractivity contribution in [3.05, 3.63) is 34.3 Å². The number of aliphatic carboxylic acids is 1. The smallest absolute Gasteiger partial charge is 0.323 e. The number of hydrogen-bond acceptors (Lipinski definition) is 3. The van der Waals surface area contributed by atoms with E-state index in [1.165, 1.54) is 11.8 Å². The van der Waals surface area contributed by atoms with Crippen molar-refractivity contribution >= 4 is 29.4 Å². The van der Waals surface area contributed by atoms with Crippen LogP contribution in [0.3, 0.4) is 0 Å². The second-order valence-corrected chi connectivity index (χ2v) is 6.73. The van der Waals surface area contributed by atoms with E-state index >= 15 is 0 Å². The Morgan fingerprint density at radius 1 is 1.28 bits per heavy atom. The first-order valence-electron chi connectivity index (χ1n) is 8.34. The van der Waals surface area contributed by atoms with Gasteiger partial charge in [0.1, 0.15) is 6.54 Å². The van der Waals surface area contributed by atoms with Crippen molar-refractivity contribution < 1.29 is 19.5 Å². The lowest BCUT2D eigenvalue weighted by molar-refractivity contribution is -0.145. The maximum atomic E-state index is 12.8. The van der Waals surface area contributed by atoms with E-state index in [1.54, 1.807) is 17.0 Å². The first-order valence-corrected chi connectivity index (χ1v) is 8.72. The van der Waals surface area contributed by atoms with Gasteiger partial charge in [-0.15, -0.1) is 0 Å². The van der Waals surface area contributed by atoms with Gasteiger partial charge in [0.05, 0.1) is 10.6 Å². The van der Waals surface area contributed by atoms with E-state index in [0.29, 0.717) is 42.9 Å². The summed E-state index contributed by atoms with van der Waals surface area (Å²) in [5.41, 5.74) is 1.33. The Labute approximate surface area is 152 Å². The summed E-state index contributed by atoms with van der Waals surface area (Å²) in [4.78, 5) is 38.7. The zero-order valence-electron chi connectivity index (χ0n) is 14.5. The Balaban J connectivity index is 2.10. The summed E-state index contributed by atoms with van der Waals surface area (Å²) in [5, 5.41) is 9.47. The van der Waals surface area contributed by atoms with Crippen LogP contribution in [0.15, 0.2) is 18.2 Å². The van der Waals surface area contributed by atoms with Crippen LogP contribution in [0, 0.1) is 6.92 Å². The molecule has 0 spiro atoms. The molecule has 1 N–H and O–H groups in total. The molecule has 1 aromatic rings. The maximum Gasteiger partial charge on any atom is 0.323 e. The highest BCUT2D eigenvalue weighted by molar-refractivity contribution is 6.34. The summed E-state index contributed by atoms with van der Waals surface area (Å²) >= 11 is 6.26. The minimum Gasteiger partial charge on any atom is -0.480 e. The van der Waals surface area contributed by atoms with Crippen LogP contribution in [-0.2, 0) is 9.59 Å². The highest BCUT2D eigenvalue weighted by atomic mass is 35.5. The summed E-state index contributed by atoms with van der Waals surface area (Å²) < 4.78 is 0. The number of halogens is 1. The van der Waals surface area contributed by atoms with Crippen molar-refractivity contribution in [2.24, 2.45) is 0 Å². The first kappa shape index (κ1) is 19.2. The Bertz CT molecular complexity index is 677. The first-order chi connectivity index (χ1) is 11.8. The lowest BCUT2D eigenvalue weighted by atomic mass is 10.1. The Hall–Kier alpha value is -2.08. The molecule has 25 heavy (non-hydrogen) atoms. The second-order valence-electron chi connectivity index (χ2n) is 6.35. The molecule has 2 rings (SSSR count). The number of nitrogens with zero attached hydrogens (tertiary/aromatic N) is 2. The van der Waals surface area contributed by atoms with Crippen LogP contribution in [-0.4, -0.2) is 58.4 Å². The van der Waals surface area contributed by atoms with Gasteiger partial charge in [-0.2, -0.15) is 0 Å². The summed E-state index contributed by atoms with van der Waals surface area (Å²) in [6.07, 6.45) is 1.95. The third kappa shape index (κ3) is 4.72. The third-order valence-electron chi connectivity index (χ3n) is 4.56. The average molecular weight is 367 g/mol. The van der Waals surface area contributed by atoms with Gasteiger partial charge < -0.3 is 14.9 Å². The van der Waals surface area contributed by atoms with E-state index in [1.807, 2.05) is 13.0 Å². The van der Waals surface area contributed by atoms with Gasteiger partial charge in [0.25, 0.3) is 5.91 Å². The molecule has 0 radical (unpaired) electrons. The summed E-state index contributed by atoms with van der Waals surface area (Å²) in [5.74, 6) is -1.41. The van der Waals surface area contributed by atoms with Crippen LogP contribution in [0.25, 0.3) is 0 Å². The van der Waals surface area contributed by atoms with Gasteiger partial charge in [-0.1, -0.05) is 23.7 Å². The van der Waals surface area contributed by atoms with Gasteiger partial charge in [-0.3, -0.25) is 14.4 Å². The minimum absolute atomic E-state index is 0.123. The molecule has 1 aromatic carbocycles. The monoisotopic (exact) mass is 366 g/mol. The number of rotatable bonds is 4. The molecular weight excluding hydrogens is 344 g/mol. The fraction of sp³-hybridized carbons (Fsp3) is 0.500. The molecule has 6 nitrogen and oxygen atoms in total. The standard InChI is InChI=1S/C18H23ClN2O4/c1-12-5-3-7-15(17(12)19)18(25)20-9-4-6-14(8-10-20)21(13(2)22)11-16(23)24/h3,5,7,14H,4,6,8-11H2,1-2H3,(H,23,24). The molecule has 7 heteroatoms. The van der Waals surface area contributed by atoms with Crippen LogP contribution in [0.4, 0.5) is 0 Å². The number of amides is 2. The predicted octanol–water partition coefficient (Wildman–Crippen LogP) is 2.58. The molecule has 2 amide bonds. The van der Waals surface area contributed by atoms with E-state index in [4.69, 9.17) is 16.7 Å². The zero-order chi connectivity index (χ0) is 18.6. The molecule has 1 aliphatic heterocycles. The number of likely N-dealkylation sites (tertiary alicyclic amines) is 1. The van der Waals surface area contributed by atoms with Gasteiger partial charge in [0, 0.05) is 26.1 Å². The molecule has 1 fully saturated rings. The Morgan fingerprint density at radius 2 is 2.00 bits per heavy atom. The molecule has 1 aliphatic rings. The summed E-state index contributed by atoms with van der Waals surface area (Å²) in [6.45, 7) is 3.96. The molecular formula is C18H23ClN2O4. The number of benzene rings is 1. The van der Waals surface area contributed by atoms with Crippen molar-refractivity contribution in [3.63, 3.8) is 0 Å². The normalized spacial score (nSPS) is 17.7. The molecule has 1 unspecified atom stereocenters. The largest absolute Gasteiger partial charge is 0.480 e. The number of carbonyl (C=O) groups excluding carboxylic acids is 2. The van der Waals surface area contributed by atoms with Crippen LogP contribution in [0.2, 0.25) is 5.02 Å². The lowest BCUT2D eigenvalue weighted by Crippen LogP contribution is -2.43. The van der Waals surface area contributed by atoms with Crippen LogP contribution < -0.4 is 0 Å². The average Bonchev–Trinajstić information content (AvgIpc) is 2.80. The van der Waals surface area contributed by atoms with Gasteiger partial charge in [-0.05, 0) is 37.8 Å². The van der Waals surface area contributed by atoms with Crippen LogP contribution in [0.5, 0.6) is 0 Å². The molecule has 0 aliphatic carbocycles. The highest BCUT2D eigenvalue weighted by Gasteiger charge is 2.28. The molecule has 1 heterocycles. The summed E-state index contributed by atoms with van der Waals surface area (Å²) in [6, 6.07) is 5.21. The van der Waals surface area contributed by atoms with E-state index in [0.717, 1.165) is 5.56 Å². The van der Waals surface area contributed by atoms with E-state index < -0.39 is 5.97 Å². The quantitative estimate of drug-likeness (QED) is 0.888. The minimum atomic E-state index is -1.03. The topological polar surface area (TPSA) is 77.9 Å². The SMILES string of the molecule is CC(=O)N(CC(=O)O)C1CCCN(C(=O)c2cccc(C)c2Cl)CC1. The number of carboxylic acid groups (broad SMARTS) is 1. The molecule has 0 bridgehead atoms. The summed E-state index contributed by atoms with van der Waals surface area (Å²) in [7, 11) is 0. The number of carboxylic acids is 1. The fourth-order valence-electron chi connectivity index (χ4n) is 3.22. The zero-order valence-corrected chi connectivity index (χ0v) is 15.3. The van der Waals surface area contributed by atoms with E-state index in [9.17, 15) is 14.4 Å². The second kappa shape index (κ2) is 8.34. The fourth-order valence-corrected chi connectivity index (χ4v) is 3.43. The van der Waals surface area contributed by atoms with Gasteiger partial charge in [-0.25, -0.2) is 0 Å². The number of aryl methyl sites for hydroxylation is 1. The van der Waals surface area contributed by atoms with Crippen molar-refractivity contribution in [2.45, 2.75) is 39.2 Å². The Morgan fingerprint density at radius 3 is 2.64 bits per heavy atom. The van der Waals surface area contributed by atoms with Crippen molar-refractivity contribution in [1.29, 1.82) is 0 Å². The molecule has 136 valence electrons. The number of carbonyl (C=O) groups is 3. The van der Waals surface area contributed by atoms with E-state index in [2.05, 4.69) is 0 Å². The molecule has 0 saturated carbocycles. The third-order valence-corrected chi connectivity index (χ3v) is 5.06. The van der Waals surface area contributed by atoms with Crippen molar-refractivity contribution in [3.8, 4) is 0 Å². The van der Waals surface area contributed by atoms with Crippen molar-refractivity contribution in [1.82, 2.24) is 9.80 Å².